The lowest BCUT2D eigenvalue weighted by atomic mass is 9.96. The summed E-state index contributed by atoms with van der Waals surface area (Å²) in [7, 11) is 1.70. The molecule has 2 rings (SSSR count). The van der Waals surface area contributed by atoms with Crippen LogP contribution < -0.4 is 4.74 Å². The van der Waals surface area contributed by atoms with Crippen LogP contribution in [0.3, 0.4) is 0 Å². The number of carboxylic acid groups (broad SMARTS) is 1. The predicted octanol–water partition coefficient (Wildman–Crippen LogP) is 5.83. The maximum absolute atomic E-state index is 10.6. The number of hydrogen-bond acceptors (Lipinski definition) is 2. The summed E-state index contributed by atoms with van der Waals surface area (Å²) in [5.41, 5.74) is 7.62. The quantitative estimate of drug-likeness (QED) is 0.399. The third kappa shape index (κ3) is 5.45. The number of aryl methyl sites for hydroxylation is 1. The number of ether oxygens (including phenoxy) is 1. The van der Waals surface area contributed by atoms with Gasteiger partial charge in [0.1, 0.15) is 5.75 Å². The summed E-state index contributed by atoms with van der Waals surface area (Å²) in [4.78, 5) is 10.6. The zero-order valence-electron chi connectivity index (χ0n) is 16.5. The lowest BCUT2D eigenvalue weighted by Crippen LogP contribution is -1.95. The Morgan fingerprint density at radius 1 is 0.963 bits per heavy atom. The van der Waals surface area contributed by atoms with Crippen molar-refractivity contribution in [3.05, 3.63) is 81.4 Å². The summed E-state index contributed by atoms with van der Waals surface area (Å²) in [5.74, 6) is -0.0116. The summed E-state index contributed by atoms with van der Waals surface area (Å²) < 4.78 is 5.43. The third-order valence-corrected chi connectivity index (χ3v) is 4.60. The SMILES string of the molecule is COc1cc(C)c(C=Cc2ccc(C=CC(C)=CC(=O)O)cc2)c(C)c1C. The average molecular weight is 362 g/mol. The first-order valence-electron chi connectivity index (χ1n) is 8.84. The van der Waals surface area contributed by atoms with Crippen LogP contribution in [0.15, 0.2) is 48.1 Å². The minimum Gasteiger partial charge on any atom is -0.496 e. The highest BCUT2D eigenvalue weighted by molar-refractivity contribution is 5.81. The van der Waals surface area contributed by atoms with Crippen LogP contribution in [0.5, 0.6) is 5.75 Å². The van der Waals surface area contributed by atoms with Crippen LogP contribution in [0, 0.1) is 20.8 Å². The molecule has 3 heteroatoms. The standard InChI is InChI=1S/C24H26O3/c1-16(14-24(25)26)6-7-20-8-10-21(11-9-20)12-13-22-17(2)15-23(27-5)19(4)18(22)3/h6-15H,1-5H3,(H,25,26). The molecule has 0 saturated carbocycles. The molecule has 0 heterocycles. The Labute approximate surface area is 161 Å². The van der Waals surface area contributed by atoms with E-state index in [0.717, 1.165) is 22.4 Å². The molecule has 2 aromatic carbocycles. The van der Waals surface area contributed by atoms with Gasteiger partial charge in [0.2, 0.25) is 0 Å². The van der Waals surface area contributed by atoms with Gasteiger partial charge < -0.3 is 9.84 Å². The number of benzene rings is 2. The van der Waals surface area contributed by atoms with Gasteiger partial charge in [-0.1, -0.05) is 48.6 Å². The molecule has 0 unspecified atom stereocenters. The van der Waals surface area contributed by atoms with Crippen molar-refractivity contribution in [2.24, 2.45) is 0 Å². The monoisotopic (exact) mass is 362 g/mol. The molecule has 0 aliphatic rings. The minimum atomic E-state index is -0.933. The number of methoxy groups -OCH3 is 1. The zero-order chi connectivity index (χ0) is 20.0. The average Bonchev–Trinajstić information content (AvgIpc) is 2.63. The zero-order valence-corrected chi connectivity index (χ0v) is 16.5. The summed E-state index contributed by atoms with van der Waals surface area (Å²) >= 11 is 0. The molecule has 0 atom stereocenters. The second kappa shape index (κ2) is 9.04. The fourth-order valence-corrected chi connectivity index (χ4v) is 2.90. The Hall–Kier alpha value is -3.07. The van der Waals surface area contributed by atoms with Crippen molar-refractivity contribution >= 4 is 24.2 Å². The van der Waals surface area contributed by atoms with Gasteiger partial charge in [0.05, 0.1) is 7.11 Å². The minimum absolute atomic E-state index is 0.701. The van der Waals surface area contributed by atoms with Crippen LogP contribution in [-0.2, 0) is 4.79 Å². The smallest absolute Gasteiger partial charge is 0.328 e. The molecular formula is C24H26O3. The molecule has 0 spiro atoms. The summed E-state index contributed by atoms with van der Waals surface area (Å²) in [5, 5.41) is 8.73. The van der Waals surface area contributed by atoms with Crippen molar-refractivity contribution in [2.45, 2.75) is 27.7 Å². The first-order chi connectivity index (χ1) is 12.8. The second-order valence-corrected chi connectivity index (χ2v) is 6.62. The van der Waals surface area contributed by atoms with Crippen LogP contribution in [0.4, 0.5) is 0 Å². The normalized spacial score (nSPS) is 12.1. The molecule has 140 valence electrons. The molecule has 2 aromatic rings. The van der Waals surface area contributed by atoms with Crippen molar-refractivity contribution in [2.75, 3.05) is 7.11 Å². The second-order valence-electron chi connectivity index (χ2n) is 6.62. The van der Waals surface area contributed by atoms with Crippen LogP contribution in [0.25, 0.3) is 18.2 Å². The van der Waals surface area contributed by atoms with Gasteiger partial charge in [-0.25, -0.2) is 4.79 Å². The van der Waals surface area contributed by atoms with Gasteiger partial charge in [0, 0.05) is 6.08 Å². The van der Waals surface area contributed by atoms with E-state index in [1.54, 1.807) is 20.1 Å². The summed E-state index contributed by atoms with van der Waals surface area (Å²) in [6.07, 6.45) is 9.14. The number of rotatable bonds is 6. The van der Waals surface area contributed by atoms with Crippen LogP contribution >= 0.6 is 0 Å². The largest absolute Gasteiger partial charge is 0.496 e. The van der Waals surface area contributed by atoms with Crippen molar-refractivity contribution in [1.82, 2.24) is 0 Å². The number of carbonyl (C=O) groups is 1. The fourth-order valence-electron chi connectivity index (χ4n) is 2.90. The Kier molecular flexibility index (Phi) is 6.78. The maximum atomic E-state index is 10.6. The Balaban J connectivity index is 2.19. The maximum Gasteiger partial charge on any atom is 0.328 e. The molecule has 0 amide bonds. The van der Waals surface area contributed by atoms with E-state index in [9.17, 15) is 4.79 Å². The molecule has 0 radical (unpaired) electrons. The lowest BCUT2D eigenvalue weighted by molar-refractivity contribution is -0.131. The predicted molar refractivity (Wildman–Crippen MR) is 113 cm³/mol. The molecule has 0 aliphatic heterocycles. The number of carboxylic acids is 1. The fraction of sp³-hybridized carbons (Fsp3) is 0.208. The van der Waals surface area contributed by atoms with E-state index in [2.05, 4.69) is 39.0 Å². The summed E-state index contributed by atoms with van der Waals surface area (Å²) in [6.45, 7) is 8.05. The van der Waals surface area contributed by atoms with Gasteiger partial charge in [-0.05, 0) is 72.7 Å². The van der Waals surface area contributed by atoms with Crippen LogP contribution in [0.2, 0.25) is 0 Å². The highest BCUT2D eigenvalue weighted by atomic mass is 16.5. The number of hydrogen-bond donors (Lipinski definition) is 1. The molecular weight excluding hydrogens is 336 g/mol. The van der Waals surface area contributed by atoms with E-state index >= 15 is 0 Å². The number of allylic oxidation sites excluding steroid dienone is 2. The highest BCUT2D eigenvalue weighted by Crippen LogP contribution is 2.28. The number of aliphatic carboxylic acids is 1. The van der Waals surface area contributed by atoms with Crippen molar-refractivity contribution in [3.8, 4) is 5.75 Å². The first-order valence-corrected chi connectivity index (χ1v) is 8.84. The molecule has 0 bridgehead atoms. The van der Waals surface area contributed by atoms with E-state index in [4.69, 9.17) is 9.84 Å². The Morgan fingerprint density at radius 3 is 2.11 bits per heavy atom. The van der Waals surface area contributed by atoms with E-state index in [1.165, 1.54) is 22.8 Å². The first kappa shape index (κ1) is 20.2. The Bertz CT molecular complexity index is 914. The van der Waals surface area contributed by atoms with Crippen LogP contribution in [-0.4, -0.2) is 18.2 Å². The molecule has 0 fully saturated rings. The third-order valence-electron chi connectivity index (χ3n) is 4.60. The van der Waals surface area contributed by atoms with E-state index in [-0.39, 0.29) is 0 Å². The molecule has 27 heavy (non-hydrogen) atoms. The van der Waals surface area contributed by atoms with E-state index in [1.807, 2.05) is 30.3 Å². The van der Waals surface area contributed by atoms with E-state index in [0.29, 0.717) is 5.57 Å². The van der Waals surface area contributed by atoms with Gasteiger partial charge >= 0.3 is 5.97 Å². The van der Waals surface area contributed by atoms with Gasteiger partial charge in [-0.3, -0.25) is 0 Å². The van der Waals surface area contributed by atoms with Gasteiger partial charge in [-0.2, -0.15) is 0 Å². The van der Waals surface area contributed by atoms with Crippen molar-refractivity contribution in [1.29, 1.82) is 0 Å². The van der Waals surface area contributed by atoms with Gasteiger partial charge in [0.25, 0.3) is 0 Å². The van der Waals surface area contributed by atoms with E-state index < -0.39 is 5.97 Å². The molecule has 3 nitrogen and oxygen atoms in total. The highest BCUT2D eigenvalue weighted by Gasteiger charge is 2.08. The Morgan fingerprint density at radius 2 is 1.56 bits per heavy atom. The topological polar surface area (TPSA) is 46.5 Å². The lowest BCUT2D eigenvalue weighted by Gasteiger charge is -2.13. The van der Waals surface area contributed by atoms with Gasteiger partial charge in [0.15, 0.2) is 0 Å². The molecule has 1 N–H and O–H groups in total. The molecule has 0 aromatic heterocycles. The molecule has 0 aliphatic carbocycles. The summed E-state index contributed by atoms with van der Waals surface area (Å²) in [6, 6.07) is 10.2. The van der Waals surface area contributed by atoms with Crippen molar-refractivity contribution in [3.63, 3.8) is 0 Å². The van der Waals surface area contributed by atoms with Crippen LogP contribution in [0.1, 0.15) is 40.3 Å². The molecule has 0 saturated heterocycles. The van der Waals surface area contributed by atoms with Crippen molar-refractivity contribution < 1.29 is 14.6 Å². The van der Waals surface area contributed by atoms with Gasteiger partial charge in [-0.15, -0.1) is 0 Å².